The third kappa shape index (κ3) is 4.59. The lowest BCUT2D eigenvalue weighted by Gasteiger charge is -2.33. The van der Waals surface area contributed by atoms with Gasteiger partial charge in [-0.25, -0.2) is 0 Å². The number of nitrogens with one attached hydrogen (secondary N) is 1. The van der Waals surface area contributed by atoms with Gasteiger partial charge in [0.2, 0.25) is 12.7 Å². The predicted octanol–water partition coefficient (Wildman–Crippen LogP) is 4.65. The van der Waals surface area contributed by atoms with Crippen LogP contribution in [0.1, 0.15) is 54.2 Å². The fraction of sp³-hybridized carbons (Fsp3) is 0.296. The van der Waals surface area contributed by atoms with Gasteiger partial charge in [-0.15, -0.1) is 0 Å². The first-order valence-electron chi connectivity index (χ1n) is 11.7. The van der Waals surface area contributed by atoms with Crippen LogP contribution in [0.3, 0.4) is 0 Å². The first kappa shape index (κ1) is 21.9. The molecule has 34 heavy (non-hydrogen) atoms. The van der Waals surface area contributed by atoms with Gasteiger partial charge in [0.05, 0.1) is 0 Å². The Morgan fingerprint density at radius 1 is 0.912 bits per heavy atom. The average Bonchev–Trinajstić information content (AvgIpc) is 3.36. The van der Waals surface area contributed by atoms with Crippen molar-refractivity contribution in [2.75, 3.05) is 11.7 Å². The van der Waals surface area contributed by atoms with Crippen molar-refractivity contribution in [1.82, 2.24) is 10.3 Å². The predicted molar refractivity (Wildman–Crippen MR) is 128 cm³/mol. The molecule has 7 nitrogen and oxygen atoms in total. The molecule has 3 aromatic rings. The largest absolute Gasteiger partial charge is 0.454 e. The zero-order valence-corrected chi connectivity index (χ0v) is 18.9. The molecule has 0 spiro atoms. The van der Waals surface area contributed by atoms with E-state index in [2.05, 4.69) is 10.3 Å². The van der Waals surface area contributed by atoms with E-state index in [0.717, 1.165) is 31.2 Å². The number of carbonyl (C=O) groups excluding carboxylic acids is 2. The average molecular weight is 458 g/mol. The molecule has 0 bridgehead atoms. The molecule has 2 amide bonds. The van der Waals surface area contributed by atoms with Gasteiger partial charge in [0, 0.05) is 24.0 Å². The Bertz CT molecular complexity index is 1150. The second-order valence-electron chi connectivity index (χ2n) is 8.58. The van der Waals surface area contributed by atoms with Crippen LogP contribution in [0.4, 0.5) is 5.69 Å². The number of nitrogens with zero attached hydrogens (tertiary/aromatic N) is 2. The monoisotopic (exact) mass is 457 g/mol. The maximum atomic E-state index is 13.9. The maximum Gasteiger partial charge on any atom is 0.277 e. The summed E-state index contributed by atoms with van der Waals surface area (Å²) >= 11 is 0. The Morgan fingerprint density at radius 3 is 2.44 bits per heavy atom. The Balaban J connectivity index is 1.59. The number of carbonyl (C=O) groups is 2. The smallest absolute Gasteiger partial charge is 0.277 e. The molecular formula is C27H27N3O4. The normalized spacial score (nSPS) is 16.0. The number of benzene rings is 2. The van der Waals surface area contributed by atoms with E-state index in [-0.39, 0.29) is 30.3 Å². The van der Waals surface area contributed by atoms with Crippen molar-refractivity contribution in [3.05, 3.63) is 84.2 Å². The first-order chi connectivity index (χ1) is 16.7. The van der Waals surface area contributed by atoms with Gasteiger partial charge in [-0.3, -0.25) is 19.5 Å². The van der Waals surface area contributed by atoms with Gasteiger partial charge in [0.25, 0.3) is 5.91 Å². The van der Waals surface area contributed by atoms with Crippen molar-refractivity contribution in [1.29, 1.82) is 0 Å². The molecule has 0 saturated heterocycles. The van der Waals surface area contributed by atoms with Gasteiger partial charge in [0.15, 0.2) is 11.5 Å². The Hall–Kier alpha value is -3.87. The highest BCUT2D eigenvalue weighted by Crippen LogP contribution is 2.38. The van der Waals surface area contributed by atoms with E-state index < -0.39 is 6.04 Å². The van der Waals surface area contributed by atoms with E-state index in [9.17, 15) is 9.59 Å². The van der Waals surface area contributed by atoms with Crippen LogP contribution < -0.4 is 19.7 Å². The van der Waals surface area contributed by atoms with Crippen LogP contribution in [-0.4, -0.2) is 29.6 Å². The zero-order valence-electron chi connectivity index (χ0n) is 18.9. The number of fused-ring (bicyclic) bond motifs is 1. The van der Waals surface area contributed by atoms with Crippen LogP contribution in [0.2, 0.25) is 0 Å². The van der Waals surface area contributed by atoms with E-state index in [1.54, 1.807) is 42.6 Å². The van der Waals surface area contributed by atoms with E-state index >= 15 is 0 Å². The van der Waals surface area contributed by atoms with Crippen LogP contribution in [-0.2, 0) is 4.79 Å². The summed E-state index contributed by atoms with van der Waals surface area (Å²) in [5.74, 6) is 0.569. The van der Waals surface area contributed by atoms with Gasteiger partial charge in [-0.1, -0.05) is 55.7 Å². The van der Waals surface area contributed by atoms with Crippen molar-refractivity contribution >= 4 is 17.5 Å². The minimum absolute atomic E-state index is 0.107. The standard InChI is InChI=1S/C27H27N3O4/c31-26(29-20-11-5-2-6-12-20)25(19-9-3-1-4-10-19)30(27(32)22-13-7-8-16-28-22)21-14-15-23-24(17-21)34-18-33-23/h1,3-4,7-10,13-17,20,25H,2,5-6,11-12,18H2,(H,29,31)/t25-/m0/s1. The molecule has 2 aliphatic rings. The molecule has 1 fully saturated rings. The van der Waals surface area contributed by atoms with E-state index in [4.69, 9.17) is 9.47 Å². The lowest BCUT2D eigenvalue weighted by atomic mass is 9.94. The van der Waals surface area contributed by atoms with Crippen molar-refractivity contribution in [2.24, 2.45) is 0 Å². The second kappa shape index (κ2) is 9.95. The molecule has 174 valence electrons. The fourth-order valence-corrected chi connectivity index (χ4v) is 4.61. The van der Waals surface area contributed by atoms with Crippen LogP contribution in [0.5, 0.6) is 11.5 Å². The van der Waals surface area contributed by atoms with Crippen molar-refractivity contribution < 1.29 is 19.1 Å². The summed E-state index contributed by atoms with van der Waals surface area (Å²) in [5, 5.41) is 3.22. The quantitative estimate of drug-likeness (QED) is 0.583. The number of pyridine rings is 1. The fourth-order valence-electron chi connectivity index (χ4n) is 4.61. The zero-order chi connectivity index (χ0) is 23.3. The minimum atomic E-state index is -0.877. The number of ether oxygens (including phenoxy) is 2. The second-order valence-corrected chi connectivity index (χ2v) is 8.58. The summed E-state index contributed by atoms with van der Waals surface area (Å²) in [6.07, 6.45) is 6.86. The molecular weight excluding hydrogens is 430 g/mol. The third-order valence-electron chi connectivity index (χ3n) is 6.31. The van der Waals surface area contributed by atoms with Crippen LogP contribution in [0.15, 0.2) is 72.9 Å². The summed E-state index contributed by atoms with van der Waals surface area (Å²) in [5.41, 5.74) is 1.51. The first-order valence-corrected chi connectivity index (χ1v) is 11.7. The number of amides is 2. The highest BCUT2D eigenvalue weighted by Gasteiger charge is 2.35. The summed E-state index contributed by atoms with van der Waals surface area (Å²) in [6, 6.07) is 19.1. The molecule has 2 heterocycles. The van der Waals surface area contributed by atoms with Crippen LogP contribution >= 0.6 is 0 Å². The Kier molecular flexibility index (Phi) is 6.42. The third-order valence-corrected chi connectivity index (χ3v) is 6.31. The molecule has 1 N–H and O–H groups in total. The lowest BCUT2D eigenvalue weighted by molar-refractivity contribution is -0.123. The molecule has 1 aliphatic carbocycles. The van der Waals surface area contributed by atoms with Gasteiger partial charge >= 0.3 is 0 Å². The molecule has 1 atom stereocenters. The highest BCUT2D eigenvalue weighted by atomic mass is 16.7. The highest BCUT2D eigenvalue weighted by molar-refractivity contribution is 6.09. The summed E-state index contributed by atoms with van der Waals surface area (Å²) < 4.78 is 11.0. The van der Waals surface area contributed by atoms with Crippen LogP contribution in [0.25, 0.3) is 0 Å². The topological polar surface area (TPSA) is 80.8 Å². The lowest BCUT2D eigenvalue weighted by Crippen LogP contribution is -2.47. The molecule has 0 radical (unpaired) electrons. The van der Waals surface area contributed by atoms with E-state index in [1.165, 1.54) is 11.3 Å². The van der Waals surface area contributed by atoms with Gasteiger partial charge < -0.3 is 14.8 Å². The number of hydrogen-bond donors (Lipinski definition) is 1. The minimum Gasteiger partial charge on any atom is -0.454 e. The molecule has 1 aliphatic heterocycles. The number of aromatic nitrogens is 1. The summed E-state index contributed by atoms with van der Waals surface area (Å²) in [7, 11) is 0. The van der Waals surface area contributed by atoms with Crippen molar-refractivity contribution in [3.63, 3.8) is 0 Å². The van der Waals surface area contributed by atoms with Gasteiger partial charge in [-0.2, -0.15) is 0 Å². The molecule has 1 aromatic heterocycles. The molecule has 1 saturated carbocycles. The maximum absolute atomic E-state index is 13.9. The summed E-state index contributed by atoms with van der Waals surface area (Å²) in [4.78, 5) is 33.5. The van der Waals surface area contributed by atoms with Crippen molar-refractivity contribution in [2.45, 2.75) is 44.2 Å². The molecule has 7 heteroatoms. The molecule has 2 aromatic carbocycles. The van der Waals surface area contributed by atoms with Crippen molar-refractivity contribution in [3.8, 4) is 11.5 Å². The number of anilines is 1. The molecule has 0 unspecified atom stereocenters. The SMILES string of the molecule is O=C(NC1CCCCC1)[C@H](c1ccccc1)N(C(=O)c1ccccn1)c1ccc2c(c1)OCO2. The molecule has 5 rings (SSSR count). The van der Waals surface area contributed by atoms with E-state index in [1.807, 2.05) is 30.3 Å². The van der Waals surface area contributed by atoms with Gasteiger partial charge in [0.1, 0.15) is 11.7 Å². The van der Waals surface area contributed by atoms with E-state index in [0.29, 0.717) is 17.2 Å². The van der Waals surface area contributed by atoms with Crippen LogP contribution in [0, 0.1) is 0 Å². The Morgan fingerprint density at radius 2 is 1.68 bits per heavy atom. The Labute approximate surface area is 198 Å². The van der Waals surface area contributed by atoms with Gasteiger partial charge in [-0.05, 0) is 42.7 Å². The summed E-state index contributed by atoms with van der Waals surface area (Å²) in [6.45, 7) is 0.122. The number of hydrogen-bond acceptors (Lipinski definition) is 5. The number of rotatable bonds is 6.